The predicted molar refractivity (Wildman–Crippen MR) is 77.3 cm³/mol. The third kappa shape index (κ3) is 4.57. The molecule has 0 spiro atoms. The van der Waals surface area contributed by atoms with Gasteiger partial charge in [-0.25, -0.2) is 4.79 Å². The molecule has 1 aromatic rings. The van der Waals surface area contributed by atoms with Crippen molar-refractivity contribution in [2.45, 2.75) is 26.7 Å². The fourth-order valence-corrected chi connectivity index (χ4v) is 1.92. The van der Waals surface area contributed by atoms with Gasteiger partial charge in [0.05, 0.1) is 11.5 Å². The van der Waals surface area contributed by atoms with Gasteiger partial charge in [0.25, 0.3) is 0 Å². The molecule has 0 aromatic heterocycles. The summed E-state index contributed by atoms with van der Waals surface area (Å²) in [5.74, 6) is -2.32. The van der Waals surface area contributed by atoms with E-state index in [4.69, 9.17) is 10.2 Å². The Morgan fingerprint density at radius 2 is 2.00 bits per heavy atom. The lowest BCUT2D eigenvalue weighted by Gasteiger charge is -2.26. The fraction of sp³-hybridized carbons (Fsp3) is 0.467. The number of unbranched alkanes of at least 4 members (excludes halogenated alkanes) is 1. The van der Waals surface area contributed by atoms with Crippen LogP contribution in [0.25, 0.3) is 0 Å². The summed E-state index contributed by atoms with van der Waals surface area (Å²) in [4.78, 5) is 23.9. The Hall–Kier alpha value is -2.04. The van der Waals surface area contributed by atoms with Crippen molar-refractivity contribution in [3.63, 3.8) is 0 Å². The lowest BCUT2D eigenvalue weighted by atomic mass is 10.1. The Kier molecular flexibility index (Phi) is 6.03. The number of carboxylic acids is 2. The van der Waals surface area contributed by atoms with Crippen LogP contribution >= 0.6 is 0 Å². The van der Waals surface area contributed by atoms with Gasteiger partial charge in [-0.05, 0) is 24.6 Å². The second-order valence-corrected chi connectivity index (χ2v) is 4.89. The van der Waals surface area contributed by atoms with Crippen molar-refractivity contribution in [2.24, 2.45) is 5.92 Å². The van der Waals surface area contributed by atoms with E-state index >= 15 is 0 Å². The smallest absolute Gasteiger partial charge is 0.335 e. The largest absolute Gasteiger partial charge is 0.481 e. The van der Waals surface area contributed by atoms with E-state index in [1.54, 1.807) is 19.1 Å². The van der Waals surface area contributed by atoms with Crippen LogP contribution < -0.4 is 4.90 Å². The first-order chi connectivity index (χ1) is 9.45. The highest BCUT2D eigenvalue weighted by Gasteiger charge is 2.17. The molecule has 1 rings (SSSR count). The first kappa shape index (κ1) is 16.0. The van der Waals surface area contributed by atoms with E-state index in [0.29, 0.717) is 6.54 Å². The maximum absolute atomic E-state index is 11.0. The summed E-state index contributed by atoms with van der Waals surface area (Å²) < 4.78 is 0. The van der Waals surface area contributed by atoms with E-state index in [9.17, 15) is 9.59 Å². The normalized spacial score (nSPS) is 11.9. The van der Waals surface area contributed by atoms with Crippen molar-refractivity contribution >= 4 is 17.6 Å². The average molecular weight is 279 g/mol. The monoisotopic (exact) mass is 279 g/mol. The fourth-order valence-electron chi connectivity index (χ4n) is 1.92. The van der Waals surface area contributed by atoms with Gasteiger partial charge in [-0.1, -0.05) is 26.3 Å². The molecule has 5 nitrogen and oxygen atoms in total. The highest BCUT2D eigenvalue weighted by molar-refractivity contribution is 5.88. The molecule has 0 bridgehead atoms. The number of benzene rings is 1. The topological polar surface area (TPSA) is 77.8 Å². The highest BCUT2D eigenvalue weighted by Crippen LogP contribution is 2.19. The van der Waals surface area contributed by atoms with Crippen LogP contribution in [0.4, 0.5) is 5.69 Å². The Morgan fingerprint density at radius 1 is 1.30 bits per heavy atom. The molecular formula is C15H21NO4. The van der Waals surface area contributed by atoms with Gasteiger partial charge in [-0.2, -0.15) is 0 Å². The first-order valence-electron chi connectivity index (χ1n) is 6.76. The zero-order valence-corrected chi connectivity index (χ0v) is 11.9. The first-order valence-corrected chi connectivity index (χ1v) is 6.76. The molecule has 0 radical (unpaired) electrons. The molecule has 2 N–H and O–H groups in total. The van der Waals surface area contributed by atoms with E-state index in [2.05, 4.69) is 6.92 Å². The summed E-state index contributed by atoms with van der Waals surface area (Å²) in [6.45, 7) is 4.81. The van der Waals surface area contributed by atoms with Crippen LogP contribution in [0.15, 0.2) is 24.3 Å². The number of hydrogen-bond acceptors (Lipinski definition) is 3. The molecule has 1 atom stereocenters. The van der Waals surface area contributed by atoms with Crippen molar-refractivity contribution in [1.29, 1.82) is 0 Å². The molecule has 5 heteroatoms. The second kappa shape index (κ2) is 7.53. The minimum atomic E-state index is -0.978. The lowest BCUT2D eigenvalue weighted by Crippen LogP contribution is -2.32. The van der Waals surface area contributed by atoms with E-state index in [1.807, 2.05) is 11.0 Å². The molecule has 0 fully saturated rings. The van der Waals surface area contributed by atoms with Crippen LogP contribution in [-0.4, -0.2) is 35.2 Å². The van der Waals surface area contributed by atoms with Gasteiger partial charge in [0.2, 0.25) is 0 Å². The van der Waals surface area contributed by atoms with Crippen LogP contribution in [0, 0.1) is 5.92 Å². The number of anilines is 1. The maximum atomic E-state index is 11.0. The molecule has 20 heavy (non-hydrogen) atoms. The number of rotatable bonds is 8. The summed E-state index contributed by atoms with van der Waals surface area (Å²) in [5, 5.41) is 18.0. The number of aliphatic carboxylic acids is 1. The average Bonchev–Trinajstić information content (AvgIpc) is 2.43. The summed E-state index contributed by atoms with van der Waals surface area (Å²) in [7, 11) is 0. The second-order valence-electron chi connectivity index (χ2n) is 4.89. The van der Waals surface area contributed by atoms with Gasteiger partial charge in [0.1, 0.15) is 0 Å². The van der Waals surface area contributed by atoms with Crippen molar-refractivity contribution in [3.8, 4) is 0 Å². The molecule has 0 aliphatic heterocycles. The number of carboxylic acid groups (broad SMARTS) is 2. The van der Waals surface area contributed by atoms with Gasteiger partial charge in [0.15, 0.2) is 0 Å². The molecule has 0 amide bonds. The van der Waals surface area contributed by atoms with Gasteiger partial charge < -0.3 is 15.1 Å². The van der Waals surface area contributed by atoms with E-state index in [1.165, 1.54) is 6.07 Å². The van der Waals surface area contributed by atoms with Crippen LogP contribution in [0.1, 0.15) is 37.0 Å². The quantitative estimate of drug-likeness (QED) is 0.765. The molecule has 0 aliphatic rings. The van der Waals surface area contributed by atoms with E-state index < -0.39 is 17.9 Å². The highest BCUT2D eigenvalue weighted by atomic mass is 16.4. The van der Waals surface area contributed by atoms with Crippen molar-refractivity contribution < 1.29 is 19.8 Å². The molecule has 0 heterocycles. The predicted octanol–water partition coefficient (Wildman–Crippen LogP) is 2.71. The molecule has 0 saturated heterocycles. The summed E-state index contributed by atoms with van der Waals surface area (Å²) in [5.41, 5.74) is 0.971. The van der Waals surface area contributed by atoms with Crippen molar-refractivity contribution in [3.05, 3.63) is 29.8 Å². The van der Waals surface area contributed by atoms with Crippen molar-refractivity contribution in [2.75, 3.05) is 18.0 Å². The lowest BCUT2D eigenvalue weighted by molar-refractivity contribution is -0.140. The van der Waals surface area contributed by atoms with Crippen LogP contribution in [-0.2, 0) is 4.79 Å². The minimum absolute atomic E-state index is 0.215. The van der Waals surface area contributed by atoms with Crippen molar-refractivity contribution in [1.82, 2.24) is 0 Å². The number of hydrogen-bond donors (Lipinski definition) is 2. The molecule has 1 unspecified atom stereocenters. The Balaban J connectivity index is 2.94. The molecular weight excluding hydrogens is 258 g/mol. The summed E-state index contributed by atoms with van der Waals surface area (Å²) in [6.07, 6.45) is 1.93. The number of carbonyl (C=O) groups is 2. The van der Waals surface area contributed by atoms with Gasteiger partial charge in [0, 0.05) is 18.8 Å². The minimum Gasteiger partial charge on any atom is -0.481 e. The SMILES string of the molecule is CCCCN(CC(C)C(=O)O)c1cccc(C(=O)O)c1. The van der Waals surface area contributed by atoms with E-state index in [-0.39, 0.29) is 5.56 Å². The van der Waals surface area contributed by atoms with Crippen LogP contribution in [0.3, 0.4) is 0 Å². The van der Waals surface area contributed by atoms with Crippen LogP contribution in [0.5, 0.6) is 0 Å². The third-order valence-electron chi connectivity index (χ3n) is 3.16. The Morgan fingerprint density at radius 3 is 2.55 bits per heavy atom. The molecule has 0 aliphatic carbocycles. The zero-order chi connectivity index (χ0) is 15.1. The van der Waals surface area contributed by atoms with Crippen LogP contribution in [0.2, 0.25) is 0 Å². The van der Waals surface area contributed by atoms with Gasteiger partial charge in [-0.15, -0.1) is 0 Å². The summed E-state index contributed by atoms with van der Waals surface area (Å²) in [6, 6.07) is 6.62. The molecule has 1 aromatic carbocycles. The standard InChI is InChI=1S/C15H21NO4/c1-3-4-8-16(10-11(2)14(17)18)13-7-5-6-12(9-13)15(19)20/h5-7,9,11H,3-4,8,10H2,1-2H3,(H,17,18)(H,19,20). The summed E-state index contributed by atoms with van der Waals surface area (Å²) >= 11 is 0. The zero-order valence-electron chi connectivity index (χ0n) is 11.9. The Bertz CT molecular complexity index is 473. The maximum Gasteiger partial charge on any atom is 0.335 e. The number of nitrogens with zero attached hydrogens (tertiary/aromatic N) is 1. The van der Waals surface area contributed by atoms with Gasteiger partial charge >= 0.3 is 11.9 Å². The third-order valence-corrected chi connectivity index (χ3v) is 3.16. The van der Waals surface area contributed by atoms with E-state index in [0.717, 1.165) is 25.1 Å². The molecule has 0 saturated carbocycles. The van der Waals surface area contributed by atoms with Gasteiger partial charge in [-0.3, -0.25) is 4.79 Å². The Labute approximate surface area is 118 Å². The molecule has 110 valence electrons. The number of aromatic carboxylic acids is 1.